The van der Waals surface area contributed by atoms with Crippen LogP contribution in [0.4, 0.5) is 5.69 Å². The average molecular weight is 297 g/mol. The molecule has 2 rings (SSSR count). The van der Waals surface area contributed by atoms with Crippen LogP contribution in [0.5, 0.6) is 5.75 Å². The topological polar surface area (TPSA) is 69.4 Å². The van der Waals surface area contributed by atoms with E-state index in [4.69, 9.17) is 10.5 Å². The van der Waals surface area contributed by atoms with Crippen molar-refractivity contribution in [3.05, 3.63) is 40.6 Å². The zero-order chi connectivity index (χ0) is 13.9. The molecule has 0 aliphatic rings. The summed E-state index contributed by atoms with van der Waals surface area (Å²) in [5.74, 6) is 0.536. The van der Waals surface area contributed by atoms with Crippen molar-refractivity contribution in [2.24, 2.45) is 0 Å². The maximum Gasteiger partial charge on any atom is 0.180 e. The molecule has 0 amide bonds. The molecule has 1 aromatic heterocycles. The summed E-state index contributed by atoms with van der Waals surface area (Å²) in [6.45, 7) is 0. The minimum absolute atomic E-state index is 0.0465. The van der Waals surface area contributed by atoms with Gasteiger partial charge in [0.25, 0.3) is 0 Å². The number of aryl methyl sites for hydroxylation is 1. The molecule has 0 atom stereocenters. The van der Waals surface area contributed by atoms with Gasteiger partial charge in [-0.15, -0.1) is 11.3 Å². The fourth-order valence-corrected chi connectivity index (χ4v) is 3.98. The van der Waals surface area contributed by atoms with E-state index in [2.05, 4.69) is 0 Å². The molecule has 0 aliphatic carbocycles. The van der Waals surface area contributed by atoms with E-state index >= 15 is 0 Å². The molecule has 0 bridgehead atoms. The van der Waals surface area contributed by atoms with E-state index in [1.165, 1.54) is 13.2 Å². The van der Waals surface area contributed by atoms with Gasteiger partial charge in [-0.25, -0.2) is 8.42 Å². The standard InChI is InChI=1S/C13H15NO3S2/c1-17-10-4-5-12(14)13(9-10)19(15,16)8-6-11-3-2-7-18-11/h2-5,7,9H,6,8,14H2,1H3. The Hall–Kier alpha value is -1.53. The summed E-state index contributed by atoms with van der Waals surface area (Å²) in [4.78, 5) is 1.19. The van der Waals surface area contributed by atoms with Crippen molar-refractivity contribution in [3.8, 4) is 5.75 Å². The molecule has 2 aromatic rings. The Labute approximate surface area is 116 Å². The van der Waals surface area contributed by atoms with E-state index < -0.39 is 9.84 Å². The van der Waals surface area contributed by atoms with Crippen LogP contribution in [0.25, 0.3) is 0 Å². The third kappa shape index (κ3) is 3.27. The molecule has 0 fully saturated rings. The van der Waals surface area contributed by atoms with E-state index in [0.29, 0.717) is 12.2 Å². The summed E-state index contributed by atoms with van der Waals surface area (Å²) in [5, 5.41) is 1.93. The molecule has 0 saturated heterocycles. The largest absolute Gasteiger partial charge is 0.497 e. The zero-order valence-electron chi connectivity index (χ0n) is 10.5. The monoisotopic (exact) mass is 297 g/mol. The molecule has 4 nitrogen and oxygen atoms in total. The first-order valence-corrected chi connectivity index (χ1v) is 8.25. The van der Waals surface area contributed by atoms with Gasteiger partial charge in [0.1, 0.15) is 5.75 Å². The summed E-state index contributed by atoms with van der Waals surface area (Å²) in [5.41, 5.74) is 6.00. The highest BCUT2D eigenvalue weighted by atomic mass is 32.2. The second-order valence-corrected chi connectivity index (χ2v) is 7.16. The first-order valence-electron chi connectivity index (χ1n) is 5.71. The SMILES string of the molecule is COc1ccc(N)c(S(=O)(=O)CCc2cccs2)c1. The third-order valence-corrected chi connectivity index (χ3v) is 5.45. The second-order valence-electron chi connectivity index (χ2n) is 4.05. The van der Waals surface area contributed by atoms with E-state index in [1.54, 1.807) is 23.5 Å². The normalized spacial score (nSPS) is 11.4. The lowest BCUT2D eigenvalue weighted by molar-refractivity contribution is 0.413. The third-order valence-electron chi connectivity index (χ3n) is 2.75. The van der Waals surface area contributed by atoms with Gasteiger partial charge in [0.15, 0.2) is 9.84 Å². The van der Waals surface area contributed by atoms with Crippen molar-refractivity contribution in [2.75, 3.05) is 18.6 Å². The molecular weight excluding hydrogens is 282 g/mol. The maximum absolute atomic E-state index is 12.3. The molecule has 2 N–H and O–H groups in total. The van der Waals surface area contributed by atoms with Crippen molar-refractivity contribution >= 4 is 26.9 Å². The molecule has 0 saturated carbocycles. The second kappa shape index (κ2) is 5.63. The highest BCUT2D eigenvalue weighted by Gasteiger charge is 2.18. The average Bonchev–Trinajstić information content (AvgIpc) is 2.90. The summed E-state index contributed by atoms with van der Waals surface area (Å²) < 4.78 is 29.6. The van der Waals surface area contributed by atoms with Gasteiger partial charge < -0.3 is 10.5 Å². The maximum atomic E-state index is 12.3. The first-order chi connectivity index (χ1) is 9.03. The highest BCUT2D eigenvalue weighted by molar-refractivity contribution is 7.91. The van der Waals surface area contributed by atoms with Gasteiger partial charge in [-0.05, 0) is 30.0 Å². The van der Waals surface area contributed by atoms with Crippen LogP contribution < -0.4 is 10.5 Å². The fraction of sp³-hybridized carbons (Fsp3) is 0.231. The lowest BCUT2D eigenvalue weighted by atomic mass is 10.3. The molecule has 0 unspecified atom stereocenters. The summed E-state index contributed by atoms with van der Waals surface area (Å²) in [7, 11) is -1.90. The molecule has 6 heteroatoms. The lowest BCUT2D eigenvalue weighted by Gasteiger charge is -2.09. The Morgan fingerprint density at radius 2 is 2.11 bits per heavy atom. The van der Waals surface area contributed by atoms with E-state index in [-0.39, 0.29) is 16.3 Å². The van der Waals surface area contributed by atoms with Gasteiger partial charge in [0.2, 0.25) is 0 Å². The van der Waals surface area contributed by atoms with Crippen LogP contribution in [0.3, 0.4) is 0 Å². The van der Waals surface area contributed by atoms with E-state index in [0.717, 1.165) is 4.88 Å². The number of benzene rings is 1. The van der Waals surface area contributed by atoms with Crippen molar-refractivity contribution in [3.63, 3.8) is 0 Å². The molecule has 0 radical (unpaired) electrons. The quantitative estimate of drug-likeness (QED) is 0.860. The fourth-order valence-electron chi connectivity index (χ4n) is 1.71. The predicted molar refractivity (Wildman–Crippen MR) is 77.5 cm³/mol. The number of sulfone groups is 1. The van der Waals surface area contributed by atoms with E-state index in [1.807, 2.05) is 17.5 Å². The summed E-state index contributed by atoms with van der Waals surface area (Å²) in [6.07, 6.45) is 0.497. The first kappa shape index (κ1) is 13.9. The predicted octanol–water partition coefficient (Wildman–Crippen LogP) is 2.36. The van der Waals surface area contributed by atoms with Crippen LogP contribution >= 0.6 is 11.3 Å². The number of hydrogen-bond donors (Lipinski definition) is 1. The van der Waals surface area contributed by atoms with Gasteiger partial charge >= 0.3 is 0 Å². The van der Waals surface area contributed by atoms with Gasteiger partial charge in [-0.2, -0.15) is 0 Å². The Balaban J connectivity index is 2.23. The number of methoxy groups -OCH3 is 1. The van der Waals surface area contributed by atoms with Gasteiger partial charge in [-0.3, -0.25) is 0 Å². The summed E-state index contributed by atoms with van der Waals surface area (Å²) in [6, 6.07) is 8.51. The van der Waals surface area contributed by atoms with Gasteiger partial charge in [-0.1, -0.05) is 6.07 Å². The Kier molecular flexibility index (Phi) is 4.11. The Morgan fingerprint density at radius 1 is 1.32 bits per heavy atom. The summed E-state index contributed by atoms with van der Waals surface area (Å²) >= 11 is 1.55. The Bertz CT molecular complexity index is 649. The molecule has 19 heavy (non-hydrogen) atoms. The minimum atomic E-state index is -3.40. The van der Waals surface area contributed by atoms with Crippen LogP contribution in [-0.4, -0.2) is 21.3 Å². The van der Waals surface area contributed by atoms with Crippen LogP contribution in [0.2, 0.25) is 0 Å². The van der Waals surface area contributed by atoms with Crippen molar-refractivity contribution in [1.29, 1.82) is 0 Å². The molecule has 0 spiro atoms. The molecule has 102 valence electrons. The van der Waals surface area contributed by atoms with Gasteiger partial charge in [0.05, 0.1) is 23.4 Å². The molecule has 1 aromatic carbocycles. The smallest absolute Gasteiger partial charge is 0.180 e. The zero-order valence-corrected chi connectivity index (χ0v) is 12.1. The lowest BCUT2D eigenvalue weighted by Crippen LogP contribution is -2.11. The number of nitrogens with two attached hydrogens (primary N) is 1. The van der Waals surface area contributed by atoms with Gasteiger partial charge in [0, 0.05) is 10.9 Å². The Morgan fingerprint density at radius 3 is 2.74 bits per heavy atom. The number of thiophene rings is 1. The van der Waals surface area contributed by atoms with Crippen molar-refractivity contribution < 1.29 is 13.2 Å². The number of ether oxygens (including phenoxy) is 1. The van der Waals surface area contributed by atoms with Crippen LogP contribution in [0.1, 0.15) is 4.88 Å². The molecule has 0 aliphatic heterocycles. The number of hydrogen-bond acceptors (Lipinski definition) is 5. The van der Waals surface area contributed by atoms with Crippen LogP contribution in [0, 0.1) is 0 Å². The molecule has 1 heterocycles. The van der Waals surface area contributed by atoms with Crippen LogP contribution in [-0.2, 0) is 16.3 Å². The van der Waals surface area contributed by atoms with Crippen molar-refractivity contribution in [1.82, 2.24) is 0 Å². The number of anilines is 1. The molecular formula is C13H15NO3S2. The minimum Gasteiger partial charge on any atom is -0.497 e. The van der Waals surface area contributed by atoms with Crippen LogP contribution in [0.15, 0.2) is 40.6 Å². The highest BCUT2D eigenvalue weighted by Crippen LogP contribution is 2.25. The number of nitrogen functional groups attached to an aromatic ring is 1. The number of rotatable bonds is 5. The van der Waals surface area contributed by atoms with E-state index in [9.17, 15) is 8.42 Å². The van der Waals surface area contributed by atoms with Crippen molar-refractivity contribution in [2.45, 2.75) is 11.3 Å².